The molecular weight excluding hydrogens is 244 g/mol. The number of carbonyl (C=O) groups is 2. The predicted molar refractivity (Wildman–Crippen MR) is 71.6 cm³/mol. The maximum absolute atomic E-state index is 12.4. The van der Waals surface area contributed by atoms with Gasteiger partial charge in [0.1, 0.15) is 12.1 Å². The second-order valence-corrected chi connectivity index (χ2v) is 5.18. The molecular formula is C13H20N4O2. The lowest BCUT2D eigenvalue weighted by Crippen LogP contribution is -2.64. The third kappa shape index (κ3) is 2.34. The molecule has 6 nitrogen and oxygen atoms in total. The van der Waals surface area contributed by atoms with Gasteiger partial charge in [-0.15, -0.1) is 0 Å². The van der Waals surface area contributed by atoms with Crippen LogP contribution in [0.4, 0.5) is 5.69 Å². The molecule has 0 spiro atoms. The first-order chi connectivity index (χ1) is 8.95. The summed E-state index contributed by atoms with van der Waals surface area (Å²) in [6, 6.07) is -0.967. The number of nitrogens with one attached hydrogen (secondary N) is 1. The lowest BCUT2D eigenvalue weighted by atomic mass is 9.97. The number of hydrogen-bond donors (Lipinski definition) is 1. The molecule has 2 atom stereocenters. The van der Waals surface area contributed by atoms with Gasteiger partial charge in [-0.1, -0.05) is 13.8 Å². The first-order valence-corrected chi connectivity index (χ1v) is 6.61. The molecule has 0 aromatic carbocycles. The van der Waals surface area contributed by atoms with E-state index < -0.39 is 12.1 Å². The summed E-state index contributed by atoms with van der Waals surface area (Å²) in [5, 5.41) is 6.90. The summed E-state index contributed by atoms with van der Waals surface area (Å²) < 4.78 is 1.75. The summed E-state index contributed by atoms with van der Waals surface area (Å²) >= 11 is 0. The molecule has 1 fully saturated rings. The van der Waals surface area contributed by atoms with Crippen LogP contribution >= 0.6 is 0 Å². The number of piperazine rings is 1. The van der Waals surface area contributed by atoms with Crippen molar-refractivity contribution in [3.05, 3.63) is 12.4 Å². The smallest absolute Gasteiger partial charge is 0.250 e. The van der Waals surface area contributed by atoms with Crippen LogP contribution in [0.3, 0.4) is 0 Å². The van der Waals surface area contributed by atoms with E-state index in [0.29, 0.717) is 5.69 Å². The summed E-state index contributed by atoms with van der Waals surface area (Å²) in [5.74, 6) is -0.151. The third-order valence-electron chi connectivity index (χ3n) is 3.37. The van der Waals surface area contributed by atoms with Gasteiger partial charge in [0.2, 0.25) is 11.8 Å². The standard InChI is InChI=1S/C13H20N4O2/c1-5-16-7-10(6-14-16)17-11(8(2)3)12(18)15-9(4)13(17)19/h6-9,11H,5H2,1-4H3,(H,15,18). The van der Waals surface area contributed by atoms with Crippen LogP contribution in [0.2, 0.25) is 0 Å². The number of nitrogens with zero attached hydrogens (tertiary/aromatic N) is 3. The van der Waals surface area contributed by atoms with Crippen LogP contribution in [0.5, 0.6) is 0 Å². The molecule has 2 heterocycles. The van der Waals surface area contributed by atoms with Gasteiger partial charge in [0.15, 0.2) is 0 Å². The number of rotatable bonds is 3. The van der Waals surface area contributed by atoms with E-state index in [1.54, 1.807) is 28.9 Å². The van der Waals surface area contributed by atoms with Gasteiger partial charge in [-0.05, 0) is 19.8 Å². The van der Waals surface area contributed by atoms with Gasteiger partial charge in [0, 0.05) is 12.7 Å². The lowest BCUT2D eigenvalue weighted by Gasteiger charge is -2.39. The molecule has 1 saturated heterocycles. The SMILES string of the molecule is CCn1cc(N2C(=O)C(C)NC(=O)C2C(C)C)cn1. The second-order valence-electron chi connectivity index (χ2n) is 5.18. The van der Waals surface area contributed by atoms with E-state index in [1.165, 1.54) is 0 Å². The Morgan fingerprint density at radius 3 is 2.63 bits per heavy atom. The molecule has 1 aromatic rings. The molecule has 6 heteroatoms. The van der Waals surface area contributed by atoms with Gasteiger partial charge in [-0.3, -0.25) is 19.2 Å². The van der Waals surface area contributed by atoms with Crippen molar-refractivity contribution >= 4 is 17.5 Å². The van der Waals surface area contributed by atoms with Crippen molar-refractivity contribution in [1.29, 1.82) is 0 Å². The lowest BCUT2D eigenvalue weighted by molar-refractivity contribution is -0.134. The number of aryl methyl sites for hydroxylation is 1. The molecule has 0 saturated carbocycles. The van der Waals surface area contributed by atoms with Crippen LogP contribution in [0, 0.1) is 5.92 Å². The Hall–Kier alpha value is -1.85. The van der Waals surface area contributed by atoms with E-state index in [0.717, 1.165) is 6.54 Å². The van der Waals surface area contributed by atoms with Crippen molar-refractivity contribution in [2.24, 2.45) is 5.92 Å². The Balaban J connectivity index is 2.41. The molecule has 0 bridgehead atoms. The predicted octanol–water partition coefficient (Wildman–Crippen LogP) is 0.779. The number of anilines is 1. The summed E-state index contributed by atoms with van der Waals surface area (Å²) in [6.45, 7) is 8.28. The maximum atomic E-state index is 12.4. The van der Waals surface area contributed by atoms with E-state index in [9.17, 15) is 9.59 Å². The minimum Gasteiger partial charge on any atom is -0.343 e. The fourth-order valence-electron chi connectivity index (χ4n) is 2.36. The van der Waals surface area contributed by atoms with Crippen LogP contribution in [-0.4, -0.2) is 33.7 Å². The topological polar surface area (TPSA) is 67.2 Å². The molecule has 2 unspecified atom stereocenters. The number of carbonyl (C=O) groups excluding carboxylic acids is 2. The minimum atomic E-state index is -0.493. The average Bonchev–Trinajstić information content (AvgIpc) is 2.81. The molecule has 1 aliphatic heterocycles. The molecule has 1 aliphatic rings. The molecule has 104 valence electrons. The highest BCUT2D eigenvalue weighted by Crippen LogP contribution is 2.24. The first-order valence-electron chi connectivity index (χ1n) is 6.61. The number of hydrogen-bond acceptors (Lipinski definition) is 3. The van der Waals surface area contributed by atoms with Crippen molar-refractivity contribution in [2.75, 3.05) is 4.90 Å². The molecule has 0 aliphatic carbocycles. The van der Waals surface area contributed by atoms with Gasteiger partial charge in [0.05, 0.1) is 11.9 Å². The van der Waals surface area contributed by atoms with Crippen LogP contribution in [-0.2, 0) is 16.1 Å². The van der Waals surface area contributed by atoms with Gasteiger partial charge in [-0.2, -0.15) is 5.10 Å². The zero-order valence-electron chi connectivity index (χ0n) is 11.8. The summed E-state index contributed by atoms with van der Waals surface area (Å²) in [4.78, 5) is 26.1. The van der Waals surface area contributed by atoms with Crippen molar-refractivity contribution in [2.45, 2.75) is 46.3 Å². The van der Waals surface area contributed by atoms with E-state index in [1.807, 2.05) is 20.8 Å². The van der Waals surface area contributed by atoms with Crippen LogP contribution in [0.15, 0.2) is 12.4 Å². The van der Waals surface area contributed by atoms with Crippen molar-refractivity contribution in [3.63, 3.8) is 0 Å². The average molecular weight is 264 g/mol. The van der Waals surface area contributed by atoms with Crippen molar-refractivity contribution < 1.29 is 9.59 Å². The third-order valence-corrected chi connectivity index (χ3v) is 3.37. The largest absolute Gasteiger partial charge is 0.343 e. The maximum Gasteiger partial charge on any atom is 0.250 e. The molecule has 19 heavy (non-hydrogen) atoms. The van der Waals surface area contributed by atoms with Crippen LogP contribution in [0.1, 0.15) is 27.7 Å². The Labute approximate surface area is 112 Å². The highest BCUT2D eigenvalue weighted by atomic mass is 16.2. The Morgan fingerprint density at radius 2 is 2.11 bits per heavy atom. The Bertz CT molecular complexity index is 495. The second kappa shape index (κ2) is 5.03. The van der Waals surface area contributed by atoms with Gasteiger partial charge >= 0.3 is 0 Å². The number of amides is 2. The zero-order valence-corrected chi connectivity index (χ0v) is 11.8. The highest BCUT2D eigenvalue weighted by molar-refractivity contribution is 6.08. The van der Waals surface area contributed by atoms with Crippen molar-refractivity contribution in [3.8, 4) is 0 Å². The summed E-state index contributed by atoms with van der Waals surface area (Å²) in [7, 11) is 0. The van der Waals surface area contributed by atoms with E-state index in [-0.39, 0.29) is 17.7 Å². The summed E-state index contributed by atoms with van der Waals surface area (Å²) in [6.07, 6.45) is 3.45. The zero-order chi connectivity index (χ0) is 14.2. The monoisotopic (exact) mass is 264 g/mol. The highest BCUT2D eigenvalue weighted by Gasteiger charge is 2.41. The summed E-state index contributed by atoms with van der Waals surface area (Å²) in [5.41, 5.74) is 0.687. The quantitative estimate of drug-likeness (QED) is 0.877. The van der Waals surface area contributed by atoms with Crippen LogP contribution < -0.4 is 10.2 Å². The fraction of sp³-hybridized carbons (Fsp3) is 0.615. The minimum absolute atomic E-state index is 0.0430. The molecule has 2 rings (SSSR count). The van der Waals surface area contributed by atoms with E-state index in [2.05, 4.69) is 10.4 Å². The Morgan fingerprint density at radius 1 is 1.42 bits per heavy atom. The molecule has 2 amide bonds. The molecule has 1 aromatic heterocycles. The van der Waals surface area contributed by atoms with E-state index in [4.69, 9.17) is 0 Å². The molecule has 1 N–H and O–H groups in total. The van der Waals surface area contributed by atoms with Gasteiger partial charge in [0.25, 0.3) is 0 Å². The van der Waals surface area contributed by atoms with Gasteiger partial charge < -0.3 is 5.32 Å². The molecule has 0 radical (unpaired) electrons. The number of aromatic nitrogens is 2. The normalized spacial score (nSPS) is 23.9. The van der Waals surface area contributed by atoms with Crippen molar-refractivity contribution in [1.82, 2.24) is 15.1 Å². The van der Waals surface area contributed by atoms with Gasteiger partial charge in [-0.25, -0.2) is 0 Å². The first kappa shape index (κ1) is 13.6. The van der Waals surface area contributed by atoms with Crippen LogP contribution in [0.25, 0.3) is 0 Å². The van der Waals surface area contributed by atoms with E-state index >= 15 is 0 Å². The Kier molecular flexibility index (Phi) is 3.59. The fourth-order valence-corrected chi connectivity index (χ4v) is 2.36.